The maximum Gasteiger partial charge on any atom is 0.244 e. The number of rotatable bonds is 5. The predicted octanol–water partition coefficient (Wildman–Crippen LogP) is 3.24. The van der Waals surface area contributed by atoms with E-state index >= 15 is 0 Å². The zero-order valence-corrected chi connectivity index (χ0v) is 12.9. The second-order valence-electron chi connectivity index (χ2n) is 4.38. The summed E-state index contributed by atoms with van der Waals surface area (Å²) in [6.07, 6.45) is 0. The van der Waals surface area contributed by atoms with Gasteiger partial charge >= 0.3 is 0 Å². The zero-order chi connectivity index (χ0) is 15.4. The van der Waals surface area contributed by atoms with E-state index in [4.69, 9.17) is 10.5 Å². The standard InChI is InChI=1S/C15H14BrFN2O2/c1-21-13-6-5-9(7-12(13)17)14(15(18)20)19-11-4-2-3-10(16)8-11/h2-8,14,19H,1H3,(H2,18,20). The van der Waals surface area contributed by atoms with Crippen LogP contribution in [-0.4, -0.2) is 13.0 Å². The highest BCUT2D eigenvalue weighted by Crippen LogP contribution is 2.25. The molecule has 21 heavy (non-hydrogen) atoms. The molecule has 0 spiro atoms. The summed E-state index contributed by atoms with van der Waals surface area (Å²) in [5.41, 5.74) is 6.54. The zero-order valence-electron chi connectivity index (χ0n) is 11.3. The average Bonchev–Trinajstić information content (AvgIpc) is 2.44. The fourth-order valence-corrected chi connectivity index (χ4v) is 2.33. The van der Waals surface area contributed by atoms with Crippen LogP contribution < -0.4 is 15.8 Å². The summed E-state index contributed by atoms with van der Waals surface area (Å²) in [5, 5.41) is 2.99. The van der Waals surface area contributed by atoms with Crippen molar-refractivity contribution in [1.82, 2.24) is 0 Å². The van der Waals surface area contributed by atoms with Gasteiger partial charge in [0.15, 0.2) is 11.6 Å². The van der Waals surface area contributed by atoms with Crippen LogP contribution in [0.1, 0.15) is 11.6 Å². The Balaban J connectivity index is 2.31. The number of nitrogens with two attached hydrogens (primary N) is 1. The number of amides is 1. The summed E-state index contributed by atoms with van der Waals surface area (Å²) in [7, 11) is 1.38. The molecule has 0 fully saturated rings. The number of hydrogen-bond donors (Lipinski definition) is 2. The molecule has 0 radical (unpaired) electrons. The molecule has 1 unspecified atom stereocenters. The maximum absolute atomic E-state index is 13.8. The minimum absolute atomic E-state index is 0.115. The molecule has 1 atom stereocenters. The van der Waals surface area contributed by atoms with Gasteiger partial charge in [0.25, 0.3) is 0 Å². The third-order valence-electron chi connectivity index (χ3n) is 2.93. The highest BCUT2D eigenvalue weighted by molar-refractivity contribution is 9.10. The highest BCUT2D eigenvalue weighted by atomic mass is 79.9. The molecular weight excluding hydrogens is 339 g/mol. The summed E-state index contributed by atoms with van der Waals surface area (Å²) >= 11 is 3.34. The Bertz CT molecular complexity index is 664. The molecular formula is C15H14BrFN2O2. The molecule has 0 saturated heterocycles. The van der Waals surface area contributed by atoms with Gasteiger partial charge < -0.3 is 15.8 Å². The van der Waals surface area contributed by atoms with Crippen LogP contribution in [0.15, 0.2) is 46.9 Å². The number of primary amides is 1. The van der Waals surface area contributed by atoms with Gasteiger partial charge in [-0.05, 0) is 35.9 Å². The molecule has 0 bridgehead atoms. The van der Waals surface area contributed by atoms with Gasteiger partial charge in [-0.25, -0.2) is 4.39 Å². The van der Waals surface area contributed by atoms with Crippen LogP contribution in [0.25, 0.3) is 0 Å². The summed E-state index contributed by atoms with van der Waals surface area (Å²) in [6.45, 7) is 0. The molecule has 2 rings (SSSR count). The lowest BCUT2D eigenvalue weighted by molar-refractivity contribution is -0.118. The second-order valence-corrected chi connectivity index (χ2v) is 5.30. The molecule has 4 nitrogen and oxygen atoms in total. The van der Waals surface area contributed by atoms with Crippen molar-refractivity contribution in [3.05, 3.63) is 58.3 Å². The van der Waals surface area contributed by atoms with Gasteiger partial charge in [-0.3, -0.25) is 4.79 Å². The number of carbonyl (C=O) groups is 1. The Labute approximate surface area is 130 Å². The van der Waals surface area contributed by atoms with E-state index in [0.29, 0.717) is 11.3 Å². The minimum atomic E-state index is -0.834. The van der Waals surface area contributed by atoms with Crippen molar-refractivity contribution in [2.75, 3.05) is 12.4 Å². The number of hydrogen-bond acceptors (Lipinski definition) is 3. The lowest BCUT2D eigenvalue weighted by atomic mass is 10.1. The summed E-state index contributed by atoms with van der Waals surface area (Å²) < 4.78 is 19.5. The molecule has 0 aliphatic carbocycles. The number of carbonyl (C=O) groups excluding carboxylic acids is 1. The molecule has 0 aliphatic rings. The summed E-state index contributed by atoms with van der Waals surface area (Å²) in [6, 6.07) is 10.7. The third kappa shape index (κ3) is 3.72. The van der Waals surface area contributed by atoms with E-state index in [0.717, 1.165) is 4.47 Å². The van der Waals surface area contributed by atoms with E-state index in [2.05, 4.69) is 21.2 Å². The van der Waals surface area contributed by atoms with Gasteiger partial charge in [-0.1, -0.05) is 28.1 Å². The fraction of sp³-hybridized carbons (Fsp3) is 0.133. The van der Waals surface area contributed by atoms with Gasteiger partial charge in [0.1, 0.15) is 6.04 Å². The topological polar surface area (TPSA) is 64.3 Å². The molecule has 6 heteroatoms. The molecule has 3 N–H and O–H groups in total. The van der Waals surface area contributed by atoms with Crippen molar-refractivity contribution < 1.29 is 13.9 Å². The van der Waals surface area contributed by atoms with E-state index in [1.807, 2.05) is 12.1 Å². The first kappa shape index (κ1) is 15.3. The van der Waals surface area contributed by atoms with Gasteiger partial charge in [-0.15, -0.1) is 0 Å². The number of benzene rings is 2. The lowest BCUT2D eigenvalue weighted by Crippen LogP contribution is -2.27. The van der Waals surface area contributed by atoms with Crippen molar-refractivity contribution in [1.29, 1.82) is 0 Å². The molecule has 0 saturated carbocycles. The Kier molecular flexibility index (Phi) is 4.80. The molecule has 2 aromatic carbocycles. The Hall–Kier alpha value is -2.08. The van der Waals surface area contributed by atoms with E-state index in [1.54, 1.807) is 18.2 Å². The van der Waals surface area contributed by atoms with Crippen molar-refractivity contribution in [2.24, 2.45) is 5.73 Å². The van der Waals surface area contributed by atoms with Gasteiger partial charge in [0, 0.05) is 10.2 Å². The van der Waals surface area contributed by atoms with Gasteiger partial charge in [-0.2, -0.15) is 0 Å². The Morgan fingerprint density at radius 2 is 2.10 bits per heavy atom. The molecule has 2 aromatic rings. The van der Waals surface area contributed by atoms with Crippen molar-refractivity contribution in [2.45, 2.75) is 6.04 Å². The number of anilines is 1. The number of nitrogens with one attached hydrogen (secondary N) is 1. The number of ether oxygens (including phenoxy) is 1. The summed E-state index contributed by atoms with van der Waals surface area (Å²) in [5.74, 6) is -1.03. The fourth-order valence-electron chi connectivity index (χ4n) is 1.93. The van der Waals surface area contributed by atoms with Crippen LogP contribution >= 0.6 is 15.9 Å². The van der Waals surface area contributed by atoms with Crippen LogP contribution in [0, 0.1) is 5.82 Å². The predicted molar refractivity (Wildman–Crippen MR) is 82.7 cm³/mol. The first-order chi connectivity index (χ1) is 10.0. The maximum atomic E-state index is 13.8. The molecule has 0 aliphatic heterocycles. The third-order valence-corrected chi connectivity index (χ3v) is 3.42. The molecule has 0 aromatic heterocycles. The SMILES string of the molecule is COc1ccc(C(Nc2cccc(Br)c2)C(N)=O)cc1F. The van der Waals surface area contributed by atoms with Crippen LogP contribution in [0.4, 0.5) is 10.1 Å². The van der Waals surface area contributed by atoms with E-state index in [9.17, 15) is 9.18 Å². The Morgan fingerprint density at radius 3 is 2.67 bits per heavy atom. The number of methoxy groups -OCH3 is 1. The van der Waals surface area contributed by atoms with E-state index in [1.165, 1.54) is 19.2 Å². The summed E-state index contributed by atoms with van der Waals surface area (Å²) in [4.78, 5) is 11.6. The quantitative estimate of drug-likeness (QED) is 0.868. The molecule has 1 amide bonds. The first-order valence-electron chi connectivity index (χ1n) is 6.16. The van der Waals surface area contributed by atoms with E-state index < -0.39 is 17.8 Å². The normalized spacial score (nSPS) is 11.8. The van der Waals surface area contributed by atoms with Crippen LogP contribution in [0.5, 0.6) is 5.75 Å². The minimum Gasteiger partial charge on any atom is -0.494 e. The van der Waals surface area contributed by atoms with Crippen molar-refractivity contribution in [3.8, 4) is 5.75 Å². The number of halogens is 2. The lowest BCUT2D eigenvalue weighted by Gasteiger charge is -2.18. The second kappa shape index (κ2) is 6.58. The van der Waals surface area contributed by atoms with Gasteiger partial charge in [0.05, 0.1) is 7.11 Å². The van der Waals surface area contributed by atoms with Gasteiger partial charge in [0.2, 0.25) is 5.91 Å². The monoisotopic (exact) mass is 352 g/mol. The first-order valence-corrected chi connectivity index (χ1v) is 6.95. The largest absolute Gasteiger partial charge is 0.494 e. The smallest absolute Gasteiger partial charge is 0.244 e. The van der Waals surface area contributed by atoms with Crippen LogP contribution in [0.3, 0.4) is 0 Å². The van der Waals surface area contributed by atoms with Crippen molar-refractivity contribution in [3.63, 3.8) is 0 Å². The van der Waals surface area contributed by atoms with Crippen molar-refractivity contribution >= 4 is 27.5 Å². The van der Waals surface area contributed by atoms with Crippen LogP contribution in [-0.2, 0) is 4.79 Å². The Morgan fingerprint density at radius 1 is 1.33 bits per heavy atom. The highest BCUT2D eigenvalue weighted by Gasteiger charge is 2.19. The average molecular weight is 353 g/mol. The molecule has 0 heterocycles. The van der Waals surface area contributed by atoms with E-state index in [-0.39, 0.29) is 5.75 Å². The van der Waals surface area contributed by atoms with Crippen LogP contribution in [0.2, 0.25) is 0 Å². The molecule has 110 valence electrons.